The number of rotatable bonds is 8. The molecule has 1 heterocycles. The van der Waals surface area contributed by atoms with E-state index >= 15 is 0 Å². The van der Waals surface area contributed by atoms with Gasteiger partial charge in [0.1, 0.15) is 22.2 Å². The number of halogens is 1. The second-order valence-electron chi connectivity index (χ2n) is 9.22. The van der Waals surface area contributed by atoms with Crippen molar-refractivity contribution in [1.82, 2.24) is 0 Å². The van der Waals surface area contributed by atoms with Gasteiger partial charge in [-0.1, -0.05) is 32.4 Å². The van der Waals surface area contributed by atoms with Crippen molar-refractivity contribution in [3.63, 3.8) is 0 Å². The van der Waals surface area contributed by atoms with Gasteiger partial charge in [0.15, 0.2) is 5.75 Å². The highest BCUT2D eigenvalue weighted by Gasteiger charge is 2.25. The molecule has 5 heteroatoms. The van der Waals surface area contributed by atoms with Crippen molar-refractivity contribution in [1.29, 1.82) is 0 Å². The van der Waals surface area contributed by atoms with Gasteiger partial charge in [-0.15, -0.1) is 11.3 Å². The van der Waals surface area contributed by atoms with Gasteiger partial charge in [-0.25, -0.2) is 4.39 Å². The minimum Gasteiger partial charge on any atom is -0.508 e. The highest BCUT2D eigenvalue weighted by molar-refractivity contribution is 7.21. The number of carbonyl (C=O) groups is 1. The van der Waals surface area contributed by atoms with Crippen molar-refractivity contribution >= 4 is 27.2 Å². The zero-order chi connectivity index (χ0) is 24.4. The zero-order valence-corrected chi connectivity index (χ0v) is 20.8. The predicted molar refractivity (Wildman–Crippen MR) is 137 cm³/mol. The second-order valence-corrected chi connectivity index (χ2v) is 10.3. The van der Waals surface area contributed by atoms with Crippen LogP contribution in [0.5, 0.6) is 17.2 Å². The maximum atomic E-state index is 13.8. The standard InChI is InChI=1S/C29H29FO3S/c1-17(2)6-5-7-20-8-11-23(12-9-20)33-28-24-13-10-22(31)16-25(24)34-29(28)27(32)26-18(3)14-21(30)15-19(26)4/h8-17,31H,5-7H2,1-4H3. The number of thiophene rings is 1. The third kappa shape index (κ3) is 5.15. The average Bonchev–Trinajstić information content (AvgIpc) is 3.11. The van der Waals surface area contributed by atoms with E-state index in [9.17, 15) is 14.3 Å². The minimum absolute atomic E-state index is 0.124. The van der Waals surface area contributed by atoms with Gasteiger partial charge in [0.25, 0.3) is 0 Å². The van der Waals surface area contributed by atoms with Gasteiger partial charge in [-0.3, -0.25) is 4.79 Å². The molecule has 0 aliphatic heterocycles. The molecule has 0 spiro atoms. The van der Waals surface area contributed by atoms with Crippen molar-refractivity contribution in [3.05, 3.63) is 87.5 Å². The Kier molecular flexibility index (Phi) is 7.03. The highest BCUT2D eigenvalue weighted by atomic mass is 32.1. The lowest BCUT2D eigenvalue weighted by atomic mass is 9.97. The summed E-state index contributed by atoms with van der Waals surface area (Å²) in [5, 5.41) is 10.7. The first-order valence-electron chi connectivity index (χ1n) is 11.6. The molecule has 0 atom stereocenters. The summed E-state index contributed by atoms with van der Waals surface area (Å²) in [4.78, 5) is 14.1. The lowest BCUT2D eigenvalue weighted by Crippen LogP contribution is -2.06. The van der Waals surface area contributed by atoms with E-state index < -0.39 is 0 Å². The number of hydrogen-bond acceptors (Lipinski definition) is 4. The molecule has 0 saturated carbocycles. The van der Waals surface area contributed by atoms with Gasteiger partial charge in [-0.2, -0.15) is 0 Å². The fourth-order valence-corrected chi connectivity index (χ4v) is 5.36. The highest BCUT2D eigenvalue weighted by Crippen LogP contribution is 2.43. The summed E-state index contributed by atoms with van der Waals surface area (Å²) in [7, 11) is 0. The molecule has 4 aromatic rings. The number of carbonyl (C=O) groups excluding carboxylic acids is 1. The molecule has 0 fully saturated rings. The maximum Gasteiger partial charge on any atom is 0.207 e. The third-order valence-corrected chi connectivity index (χ3v) is 7.08. The van der Waals surface area contributed by atoms with Crippen LogP contribution in [0.4, 0.5) is 4.39 Å². The molecule has 3 aromatic carbocycles. The van der Waals surface area contributed by atoms with Gasteiger partial charge in [0.05, 0.1) is 0 Å². The van der Waals surface area contributed by atoms with Gasteiger partial charge in [-0.05, 0) is 91.8 Å². The minimum atomic E-state index is -0.363. The SMILES string of the molecule is Cc1cc(F)cc(C)c1C(=O)c1sc2cc(O)ccc2c1Oc1ccc(CCCC(C)C)cc1. The van der Waals surface area contributed by atoms with Crippen molar-refractivity contribution in [3.8, 4) is 17.2 Å². The molecule has 0 aliphatic carbocycles. The zero-order valence-electron chi connectivity index (χ0n) is 19.9. The molecule has 0 unspecified atom stereocenters. The molecule has 176 valence electrons. The topological polar surface area (TPSA) is 46.5 Å². The van der Waals surface area contributed by atoms with E-state index in [2.05, 4.69) is 26.0 Å². The summed E-state index contributed by atoms with van der Waals surface area (Å²) < 4.78 is 20.9. The van der Waals surface area contributed by atoms with Gasteiger partial charge in [0, 0.05) is 15.6 Å². The molecule has 3 nitrogen and oxygen atoms in total. The van der Waals surface area contributed by atoms with Crippen LogP contribution in [0, 0.1) is 25.6 Å². The largest absolute Gasteiger partial charge is 0.508 e. The molecular formula is C29H29FO3S. The van der Waals surface area contributed by atoms with Crippen molar-refractivity contribution < 1.29 is 19.0 Å². The number of phenolic OH excluding ortho intramolecular Hbond substituents is 1. The third-order valence-electron chi connectivity index (χ3n) is 5.95. The first-order chi connectivity index (χ1) is 16.2. The van der Waals surface area contributed by atoms with Crippen molar-refractivity contribution in [2.24, 2.45) is 5.92 Å². The molecule has 0 radical (unpaired) electrons. The number of aromatic hydroxyl groups is 1. The Labute approximate surface area is 203 Å². The van der Waals surface area contributed by atoms with Gasteiger partial charge in [0.2, 0.25) is 5.78 Å². The molecule has 0 bridgehead atoms. The van der Waals surface area contributed by atoms with E-state index in [1.165, 1.54) is 35.5 Å². The predicted octanol–water partition coefficient (Wildman–Crippen LogP) is 8.36. The molecule has 4 rings (SSSR count). The summed E-state index contributed by atoms with van der Waals surface area (Å²) in [6.07, 6.45) is 3.36. The number of aryl methyl sites for hydroxylation is 3. The molecule has 1 N–H and O–H groups in total. The summed E-state index contributed by atoms with van der Waals surface area (Å²) in [5.74, 6) is 1.34. The van der Waals surface area contributed by atoms with Crippen LogP contribution in [0.1, 0.15) is 58.6 Å². The number of ether oxygens (including phenoxy) is 1. The quantitative estimate of drug-likeness (QED) is 0.260. The number of ketones is 1. The first kappa shape index (κ1) is 24.0. The molecule has 34 heavy (non-hydrogen) atoms. The molecule has 1 aromatic heterocycles. The van der Waals surface area contributed by atoms with Crippen molar-refractivity contribution in [2.45, 2.75) is 47.0 Å². The summed E-state index contributed by atoms with van der Waals surface area (Å²) in [6, 6.07) is 15.7. The van der Waals surface area contributed by atoms with Gasteiger partial charge >= 0.3 is 0 Å². The number of hydrogen-bond donors (Lipinski definition) is 1. The van der Waals surface area contributed by atoms with Crippen LogP contribution in [-0.2, 0) is 6.42 Å². The Balaban J connectivity index is 1.70. The van der Waals surface area contributed by atoms with E-state index in [-0.39, 0.29) is 17.3 Å². The lowest BCUT2D eigenvalue weighted by molar-refractivity contribution is 0.103. The first-order valence-corrected chi connectivity index (χ1v) is 12.4. The Morgan fingerprint density at radius 3 is 2.35 bits per heavy atom. The molecule has 0 aliphatic rings. The van der Waals surface area contributed by atoms with E-state index in [4.69, 9.17) is 4.74 Å². The molecule has 0 saturated heterocycles. The average molecular weight is 477 g/mol. The van der Waals surface area contributed by atoms with E-state index in [0.717, 1.165) is 22.9 Å². The van der Waals surface area contributed by atoms with Crippen LogP contribution in [0.25, 0.3) is 10.1 Å². The Morgan fingerprint density at radius 2 is 1.71 bits per heavy atom. The van der Waals surface area contributed by atoms with Crippen LogP contribution in [-0.4, -0.2) is 10.9 Å². The summed E-state index contributed by atoms with van der Waals surface area (Å²) >= 11 is 1.27. The Hall–Kier alpha value is -3.18. The van der Waals surface area contributed by atoms with E-state index in [1.807, 2.05) is 12.1 Å². The molecule has 0 amide bonds. The van der Waals surface area contributed by atoms with Crippen LogP contribution in [0.3, 0.4) is 0 Å². The van der Waals surface area contributed by atoms with E-state index in [1.54, 1.807) is 32.0 Å². The number of benzene rings is 3. The monoisotopic (exact) mass is 476 g/mol. The summed E-state index contributed by atoms with van der Waals surface area (Å²) in [6.45, 7) is 7.94. The Morgan fingerprint density at radius 1 is 1.03 bits per heavy atom. The van der Waals surface area contributed by atoms with Crippen LogP contribution in [0.15, 0.2) is 54.6 Å². The Bertz CT molecular complexity index is 1310. The smallest absolute Gasteiger partial charge is 0.207 e. The van der Waals surface area contributed by atoms with Crippen LogP contribution < -0.4 is 4.74 Å². The van der Waals surface area contributed by atoms with Crippen molar-refractivity contribution in [2.75, 3.05) is 0 Å². The number of phenols is 1. The van der Waals surface area contributed by atoms with Gasteiger partial charge < -0.3 is 9.84 Å². The van der Waals surface area contributed by atoms with Crippen LogP contribution >= 0.6 is 11.3 Å². The van der Waals surface area contributed by atoms with E-state index in [0.29, 0.717) is 39.0 Å². The number of fused-ring (bicyclic) bond motifs is 1. The van der Waals surface area contributed by atoms with Crippen LogP contribution in [0.2, 0.25) is 0 Å². The maximum absolute atomic E-state index is 13.8. The lowest BCUT2D eigenvalue weighted by Gasteiger charge is -2.11. The fraction of sp³-hybridized carbons (Fsp3) is 0.276. The summed E-state index contributed by atoms with van der Waals surface area (Å²) in [5.41, 5.74) is 2.89. The fourth-order valence-electron chi connectivity index (χ4n) is 4.25. The molecular weight excluding hydrogens is 447 g/mol. The second kappa shape index (κ2) is 9.98. The normalized spacial score (nSPS) is 11.4.